The largest absolute Gasteiger partial charge is 0.381 e. The first-order chi connectivity index (χ1) is 8.55. The topological polar surface area (TPSA) is 21.3 Å². The predicted molar refractivity (Wildman–Crippen MR) is 76.7 cm³/mol. The first kappa shape index (κ1) is 14.3. The van der Waals surface area contributed by atoms with Crippen LogP contribution in [0.15, 0.2) is 0 Å². The van der Waals surface area contributed by atoms with Crippen molar-refractivity contribution in [3.05, 3.63) is 0 Å². The third kappa shape index (κ3) is 4.24. The van der Waals surface area contributed by atoms with Crippen LogP contribution in [-0.2, 0) is 4.74 Å². The fraction of sp³-hybridized carbons (Fsp3) is 1.00. The maximum absolute atomic E-state index is 5.42. The number of nitrogens with one attached hydrogen (secondary N) is 1. The molecule has 0 atom stereocenters. The number of hydrogen-bond acceptors (Lipinski definition) is 2. The van der Waals surface area contributed by atoms with E-state index in [4.69, 9.17) is 4.74 Å². The Morgan fingerprint density at radius 3 is 2.11 bits per heavy atom. The molecule has 18 heavy (non-hydrogen) atoms. The van der Waals surface area contributed by atoms with E-state index in [1.54, 1.807) is 0 Å². The first-order valence-electron chi connectivity index (χ1n) is 7.87. The molecular formula is C16H31NO. The Morgan fingerprint density at radius 2 is 1.56 bits per heavy atom. The van der Waals surface area contributed by atoms with Crippen molar-refractivity contribution in [3.63, 3.8) is 0 Å². The first-order valence-corrected chi connectivity index (χ1v) is 7.87. The van der Waals surface area contributed by atoms with Gasteiger partial charge in [-0.05, 0) is 62.3 Å². The van der Waals surface area contributed by atoms with Crippen LogP contribution in [0.2, 0.25) is 0 Å². The van der Waals surface area contributed by atoms with E-state index in [-0.39, 0.29) is 0 Å². The Labute approximate surface area is 113 Å². The molecule has 1 N–H and O–H groups in total. The molecule has 1 heterocycles. The minimum Gasteiger partial charge on any atom is -0.381 e. The molecule has 2 rings (SSSR count). The van der Waals surface area contributed by atoms with Crippen molar-refractivity contribution in [3.8, 4) is 0 Å². The second-order valence-electron chi connectivity index (χ2n) is 7.38. The van der Waals surface area contributed by atoms with Crippen LogP contribution in [0, 0.1) is 17.3 Å². The molecule has 0 bridgehead atoms. The van der Waals surface area contributed by atoms with E-state index in [1.165, 1.54) is 45.1 Å². The van der Waals surface area contributed by atoms with Crippen molar-refractivity contribution in [2.45, 2.75) is 65.3 Å². The summed E-state index contributed by atoms with van der Waals surface area (Å²) < 4.78 is 5.42. The molecule has 1 aliphatic carbocycles. The van der Waals surface area contributed by atoms with Gasteiger partial charge in [0.2, 0.25) is 0 Å². The van der Waals surface area contributed by atoms with Crippen LogP contribution in [-0.4, -0.2) is 25.8 Å². The van der Waals surface area contributed by atoms with Crippen molar-refractivity contribution in [1.29, 1.82) is 0 Å². The van der Waals surface area contributed by atoms with Crippen LogP contribution in [0.3, 0.4) is 0 Å². The van der Waals surface area contributed by atoms with Crippen LogP contribution in [0.1, 0.15) is 59.3 Å². The fourth-order valence-corrected chi connectivity index (χ4v) is 3.45. The van der Waals surface area contributed by atoms with E-state index in [9.17, 15) is 0 Å². The average Bonchev–Trinajstić information content (AvgIpc) is 2.37. The van der Waals surface area contributed by atoms with Crippen molar-refractivity contribution in [2.75, 3.05) is 19.8 Å². The molecule has 0 spiro atoms. The summed E-state index contributed by atoms with van der Waals surface area (Å²) in [6, 6.07) is 0.784. The Kier molecular flexibility index (Phi) is 5.08. The van der Waals surface area contributed by atoms with E-state index in [1.807, 2.05) is 0 Å². The van der Waals surface area contributed by atoms with Gasteiger partial charge in [-0.3, -0.25) is 0 Å². The Balaban J connectivity index is 1.64. The molecule has 106 valence electrons. The van der Waals surface area contributed by atoms with Gasteiger partial charge in [-0.15, -0.1) is 0 Å². The van der Waals surface area contributed by atoms with E-state index in [0.29, 0.717) is 5.41 Å². The summed E-state index contributed by atoms with van der Waals surface area (Å²) >= 11 is 0. The Bertz CT molecular complexity index is 232. The SMILES string of the molecule is CC(C)(C)C1CCC(NCC2CCOCC2)CC1. The molecule has 2 aliphatic rings. The van der Waals surface area contributed by atoms with E-state index in [0.717, 1.165) is 31.1 Å². The monoisotopic (exact) mass is 253 g/mol. The lowest BCUT2D eigenvalue weighted by atomic mass is 9.71. The standard InChI is InChI=1S/C16H31NO/c1-16(2,3)14-4-6-15(7-5-14)17-12-13-8-10-18-11-9-13/h13-15,17H,4-12H2,1-3H3. The normalized spacial score (nSPS) is 31.5. The molecular weight excluding hydrogens is 222 g/mol. The molecule has 2 fully saturated rings. The summed E-state index contributed by atoms with van der Waals surface area (Å²) in [6.45, 7) is 10.4. The highest BCUT2D eigenvalue weighted by Crippen LogP contribution is 2.37. The summed E-state index contributed by atoms with van der Waals surface area (Å²) in [5.41, 5.74) is 0.506. The summed E-state index contributed by atoms with van der Waals surface area (Å²) in [6.07, 6.45) is 8.09. The number of hydrogen-bond donors (Lipinski definition) is 1. The lowest BCUT2D eigenvalue weighted by Crippen LogP contribution is -2.39. The van der Waals surface area contributed by atoms with Crippen molar-refractivity contribution in [2.24, 2.45) is 17.3 Å². The Hall–Kier alpha value is -0.0800. The maximum Gasteiger partial charge on any atom is 0.0469 e. The van der Waals surface area contributed by atoms with Gasteiger partial charge in [0.15, 0.2) is 0 Å². The molecule has 2 heteroatoms. The predicted octanol–water partition coefficient (Wildman–Crippen LogP) is 3.61. The van der Waals surface area contributed by atoms with Crippen LogP contribution < -0.4 is 5.32 Å². The van der Waals surface area contributed by atoms with Crippen molar-refractivity contribution < 1.29 is 4.74 Å². The van der Waals surface area contributed by atoms with E-state index in [2.05, 4.69) is 26.1 Å². The van der Waals surface area contributed by atoms with Gasteiger partial charge < -0.3 is 10.1 Å². The molecule has 2 nitrogen and oxygen atoms in total. The molecule has 0 aromatic rings. The summed E-state index contributed by atoms with van der Waals surface area (Å²) in [4.78, 5) is 0. The molecule has 0 unspecified atom stereocenters. The molecule has 0 aromatic heterocycles. The molecule has 1 aliphatic heterocycles. The van der Waals surface area contributed by atoms with Gasteiger partial charge in [-0.2, -0.15) is 0 Å². The van der Waals surface area contributed by atoms with Gasteiger partial charge in [-0.25, -0.2) is 0 Å². The zero-order valence-corrected chi connectivity index (χ0v) is 12.5. The third-order valence-corrected chi connectivity index (χ3v) is 4.99. The lowest BCUT2D eigenvalue weighted by molar-refractivity contribution is 0.0640. The van der Waals surface area contributed by atoms with E-state index < -0.39 is 0 Å². The highest BCUT2D eigenvalue weighted by atomic mass is 16.5. The fourth-order valence-electron chi connectivity index (χ4n) is 3.45. The molecule has 0 aromatic carbocycles. The van der Waals surface area contributed by atoms with Crippen LogP contribution in [0.5, 0.6) is 0 Å². The average molecular weight is 253 g/mol. The minimum absolute atomic E-state index is 0.506. The molecule has 1 saturated carbocycles. The summed E-state index contributed by atoms with van der Waals surface area (Å²) in [5, 5.41) is 3.81. The van der Waals surface area contributed by atoms with Crippen molar-refractivity contribution in [1.82, 2.24) is 5.32 Å². The summed E-state index contributed by atoms with van der Waals surface area (Å²) in [7, 11) is 0. The van der Waals surface area contributed by atoms with Crippen molar-refractivity contribution >= 4 is 0 Å². The van der Waals surface area contributed by atoms with Crippen LogP contribution >= 0.6 is 0 Å². The van der Waals surface area contributed by atoms with Gasteiger partial charge in [0.25, 0.3) is 0 Å². The van der Waals surface area contributed by atoms with Crippen LogP contribution in [0.25, 0.3) is 0 Å². The van der Waals surface area contributed by atoms with Gasteiger partial charge in [-0.1, -0.05) is 20.8 Å². The summed E-state index contributed by atoms with van der Waals surface area (Å²) in [5.74, 6) is 1.79. The smallest absolute Gasteiger partial charge is 0.0469 e. The van der Waals surface area contributed by atoms with Gasteiger partial charge >= 0.3 is 0 Å². The molecule has 1 saturated heterocycles. The Morgan fingerprint density at radius 1 is 0.944 bits per heavy atom. The zero-order valence-electron chi connectivity index (χ0n) is 12.5. The number of rotatable bonds is 3. The second kappa shape index (κ2) is 6.38. The van der Waals surface area contributed by atoms with Gasteiger partial charge in [0.05, 0.1) is 0 Å². The molecule has 0 radical (unpaired) electrons. The number of ether oxygens (including phenoxy) is 1. The van der Waals surface area contributed by atoms with Gasteiger partial charge in [0, 0.05) is 19.3 Å². The van der Waals surface area contributed by atoms with Crippen LogP contribution in [0.4, 0.5) is 0 Å². The zero-order chi connectivity index (χ0) is 13.0. The highest BCUT2D eigenvalue weighted by Gasteiger charge is 2.29. The quantitative estimate of drug-likeness (QED) is 0.829. The third-order valence-electron chi connectivity index (χ3n) is 4.99. The lowest BCUT2D eigenvalue weighted by Gasteiger charge is -2.37. The van der Waals surface area contributed by atoms with Gasteiger partial charge in [0.1, 0.15) is 0 Å². The highest BCUT2D eigenvalue weighted by molar-refractivity contribution is 4.83. The maximum atomic E-state index is 5.42. The van der Waals surface area contributed by atoms with E-state index >= 15 is 0 Å². The minimum atomic E-state index is 0.506. The molecule has 0 amide bonds. The second-order valence-corrected chi connectivity index (χ2v) is 7.38.